The summed E-state index contributed by atoms with van der Waals surface area (Å²) in [5.74, 6) is 0.714. The molecule has 5 heterocycles. The predicted octanol–water partition coefficient (Wildman–Crippen LogP) is 13.5. The SMILES string of the molecule is c1cc2c3c(c1)ccc1c3c3c4c(ccc3n1-c1nc(-c3cccc5c3sc3ccccc35)c3sc5ccccc5c3n1)sc1cccc-2c14. The molecule has 0 fully saturated rings. The van der Waals surface area contributed by atoms with Crippen LogP contribution in [0.5, 0.6) is 0 Å². The average Bonchev–Trinajstić information content (AvgIpc) is 3.90. The molecule has 230 valence electrons. The maximum atomic E-state index is 5.62. The molecule has 0 radical (unpaired) electrons. The van der Waals surface area contributed by atoms with Crippen molar-refractivity contribution in [3.05, 3.63) is 127 Å². The van der Waals surface area contributed by atoms with Gasteiger partial charge in [0.2, 0.25) is 5.95 Å². The second-order valence-electron chi connectivity index (χ2n) is 13.2. The van der Waals surface area contributed by atoms with Gasteiger partial charge < -0.3 is 0 Å². The molecule has 0 bridgehead atoms. The topological polar surface area (TPSA) is 30.7 Å². The molecule has 3 nitrogen and oxygen atoms in total. The van der Waals surface area contributed by atoms with Gasteiger partial charge in [0, 0.05) is 66.8 Å². The van der Waals surface area contributed by atoms with E-state index >= 15 is 0 Å². The molecular weight excluding hydrogens is 667 g/mol. The smallest absolute Gasteiger partial charge is 0.235 e. The molecule has 50 heavy (non-hydrogen) atoms. The van der Waals surface area contributed by atoms with Crippen LogP contribution in [0.3, 0.4) is 0 Å². The molecule has 0 unspecified atom stereocenters. The zero-order chi connectivity index (χ0) is 32.2. The highest BCUT2D eigenvalue weighted by Crippen LogP contribution is 2.52. The first-order chi connectivity index (χ1) is 24.8. The monoisotopic (exact) mass is 687 g/mol. The van der Waals surface area contributed by atoms with E-state index in [0.717, 1.165) is 32.5 Å². The Morgan fingerprint density at radius 2 is 1.04 bits per heavy atom. The molecule has 12 aromatic rings. The minimum absolute atomic E-state index is 0.714. The third-order valence-electron chi connectivity index (χ3n) is 10.8. The van der Waals surface area contributed by atoms with Crippen molar-refractivity contribution in [2.45, 2.75) is 0 Å². The van der Waals surface area contributed by atoms with E-state index in [-0.39, 0.29) is 0 Å². The summed E-state index contributed by atoms with van der Waals surface area (Å²) in [6, 6.07) is 46.8. The van der Waals surface area contributed by atoms with Crippen molar-refractivity contribution >= 4 is 127 Å². The van der Waals surface area contributed by atoms with Crippen LogP contribution in [0.1, 0.15) is 0 Å². The van der Waals surface area contributed by atoms with Crippen LogP contribution in [0.15, 0.2) is 127 Å². The standard InChI is InChI=1S/C44H21N3S3/c1-3-15-31-23(9-1)26-13-6-14-28(42(26)49-31)41-43-40(27-10-2-4-16-32(27)50-43)45-44(46-41)47-29-19-18-22-8-5-11-24-25-12-7-17-33-36(25)39-34(48-33)21-20-30(47)38(39)37(29)35(22)24/h1-21H. The van der Waals surface area contributed by atoms with Gasteiger partial charge in [-0.1, -0.05) is 91.0 Å². The van der Waals surface area contributed by atoms with Crippen LogP contribution in [0.2, 0.25) is 0 Å². The first-order valence-electron chi connectivity index (χ1n) is 16.7. The highest BCUT2D eigenvalue weighted by Gasteiger charge is 2.27. The molecule has 0 spiro atoms. The van der Waals surface area contributed by atoms with Crippen LogP contribution in [-0.2, 0) is 0 Å². The van der Waals surface area contributed by atoms with E-state index in [1.54, 1.807) is 11.3 Å². The highest BCUT2D eigenvalue weighted by atomic mass is 32.1. The van der Waals surface area contributed by atoms with Crippen LogP contribution < -0.4 is 0 Å². The molecule has 6 heteroatoms. The summed E-state index contributed by atoms with van der Waals surface area (Å²) < 4.78 is 9.91. The summed E-state index contributed by atoms with van der Waals surface area (Å²) in [4.78, 5) is 11.1. The largest absolute Gasteiger partial charge is 0.278 e. The zero-order valence-corrected chi connectivity index (χ0v) is 28.6. The van der Waals surface area contributed by atoms with Crippen molar-refractivity contribution in [2.75, 3.05) is 0 Å². The average molecular weight is 688 g/mol. The fourth-order valence-corrected chi connectivity index (χ4v) is 12.2. The van der Waals surface area contributed by atoms with E-state index in [1.807, 2.05) is 22.7 Å². The van der Waals surface area contributed by atoms with Gasteiger partial charge in [0.25, 0.3) is 0 Å². The quantitative estimate of drug-likeness (QED) is 0.181. The van der Waals surface area contributed by atoms with Crippen molar-refractivity contribution < 1.29 is 0 Å². The Morgan fingerprint density at radius 3 is 1.94 bits per heavy atom. The number of aromatic nitrogens is 3. The van der Waals surface area contributed by atoms with Crippen LogP contribution in [0.25, 0.3) is 122 Å². The van der Waals surface area contributed by atoms with Crippen LogP contribution in [-0.4, -0.2) is 14.5 Å². The number of benzene rings is 7. The fourth-order valence-electron chi connectivity index (χ4n) is 8.73. The molecule has 0 saturated heterocycles. The van der Waals surface area contributed by atoms with Crippen molar-refractivity contribution in [1.29, 1.82) is 0 Å². The van der Waals surface area contributed by atoms with Crippen LogP contribution >= 0.6 is 34.0 Å². The Labute approximate surface area is 295 Å². The summed E-state index contributed by atoms with van der Waals surface area (Å²) in [5.41, 5.74) is 8.08. The van der Waals surface area contributed by atoms with Gasteiger partial charge in [0.15, 0.2) is 0 Å². The Bertz CT molecular complexity index is 3500. The third kappa shape index (κ3) is 3.12. The van der Waals surface area contributed by atoms with Gasteiger partial charge in [-0.15, -0.1) is 34.0 Å². The Hall–Kier alpha value is -5.66. The summed E-state index contributed by atoms with van der Waals surface area (Å²) in [6.07, 6.45) is 0. The first kappa shape index (κ1) is 26.2. The second kappa shape index (κ2) is 9.11. The lowest BCUT2D eigenvalue weighted by Gasteiger charge is -2.12. The number of nitrogens with zero attached hydrogens (tertiary/aromatic N) is 3. The maximum absolute atomic E-state index is 5.62. The minimum atomic E-state index is 0.714. The number of rotatable bonds is 2. The number of thiophene rings is 3. The molecule has 0 amide bonds. The van der Waals surface area contributed by atoms with Gasteiger partial charge in [-0.3, -0.25) is 4.57 Å². The molecule has 1 aliphatic carbocycles. The third-order valence-corrected chi connectivity index (χ3v) is 14.3. The molecular formula is C44H21N3S3. The van der Waals surface area contributed by atoms with Crippen LogP contribution in [0, 0.1) is 0 Å². The molecule has 7 aromatic carbocycles. The Morgan fingerprint density at radius 1 is 0.400 bits per heavy atom. The molecule has 0 N–H and O–H groups in total. The van der Waals surface area contributed by atoms with E-state index in [1.165, 1.54) is 83.1 Å². The van der Waals surface area contributed by atoms with Crippen molar-refractivity contribution in [3.63, 3.8) is 0 Å². The molecule has 5 aromatic heterocycles. The van der Waals surface area contributed by atoms with Gasteiger partial charge in [-0.25, -0.2) is 9.97 Å². The van der Waals surface area contributed by atoms with Crippen molar-refractivity contribution in [2.24, 2.45) is 0 Å². The summed E-state index contributed by atoms with van der Waals surface area (Å²) in [7, 11) is 0. The maximum Gasteiger partial charge on any atom is 0.235 e. The molecule has 1 aliphatic rings. The van der Waals surface area contributed by atoms with Gasteiger partial charge >= 0.3 is 0 Å². The van der Waals surface area contributed by atoms with Crippen molar-refractivity contribution in [1.82, 2.24) is 14.5 Å². The minimum Gasteiger partial charge on any atom is -0.278 e. The summed E-state index contributed by atoms with van der Waals surface area (Å²) in [5, 5.41) is 11.6. The fraction of sp³-hybridized carbons (Fsp3) is 0. The highest BCUT2D eigenvalue weighted by molar-refractivity contribution is 7.27. The zero-order valence-electron chi connectivity index (χ0n) is 26.2. The van der Waals surface area contributed by atoms with Gasteiger partial charge in [-0.05, 0) is 58.3 Å². The molecule has 0 saturated carbocycles. The number of hydrogen-bond acceptors (Lipinski definition) is 5. The van der Waals surface area contributed by atoms with E-state index in [0.29, 0.717) is 5.95 Å². The lowest BCUT2D eigenvalue weighted by atomic mass is 9.95. The first-order valence-corrected chi connectivity index (χ1v) is 19.2. The van der Waals surface area contributed by atoms with Crippen LogP contribution in [0.4, 0.5) is 0 Å². The normalized spacial score (nSPS) is 12.8. The molecule has 0 aliphatic heterocycles. The van der Waals surface area contributed by atoms with E-state index in [2.05, 4.69) is 132 Å². The van der Waals surface area contributed by atoms with E-state index in [4.69, 9.17) is 9.97 Å². The van der Waals surface area contributed by atoms with Crippen molar-refractivity contribution in [3.8, 4) is 28.3 Å². The second-order valence-corrected chi connectivity index (χ2v) is 16.4. The Kier molecular flexibility index (Phi) is 4.78. The van der Waals surface area contributed by atoms with E-state index in [9.17, 15) is 0 Å². The van der Waals surface area contributed by atoms with Gasteiger partial charge in [-0.2, -0.15) is 0 Å². The van der Waals surface area contributed by atoms with Gasteiger partial charge in [0.05, 0.1) is 26.9 Å². The van der Waals surface area contributed by atoms with Gasteiger partial charge in [0.1, 0.15) is 0 Å². The molecule has 0 atom stereocenters. The number of hydrogen-bond donors (Lipinski definition) is 0. The summed E-state index contributed by atoms with van der Waals surface area (Å²) in [6.45, 7) is 0. The summed E-state index contributed by atoms with van der Waals surface area (Å²) >= 11 is 5.54. The van der Waals surface area contributed by atoms with E-state index < -0.39 is 0 Å². The Balaban J connectivity index is 1.24. The molecule has 13 rings (SSSR count). The number of fused-ring (bicyclic) bond motifs is 7. The predicted molar refractivity (Wildman–Crippen MR) is 217 cm³/mol. The lowest BCUT2D eigenvalue weighted by molar-refractivity contribution is 1.02. The lowest BCUT2D eigenvalue weighted by Crippen LogP contribution is -2.03.